The van der Waals surface area contributed by atoms with Gasteiger partial charge in [0.15, 0.2) is 0 Å². The van der Waals surface area contributed by atoms with Crippen LogP contribution in [0.25, 0.3) is 0 Å². The van der Waals surface area contributed by atoms with E-state index in [-0.39, 0.29) is 0 Å². The van der Waals surface area contributed by atoms with Crippen LogP contribution in [0.15, 0.2) is 0 Å². The van der Waals surface area contributed by atoms with Crippen LogP contribution in [0.2, 0.25) is 0 Å². The number of hydrogen-bond donors (Lipinski definition) is 0. The van der Waals surface area contributed by atoms with Gasteiger partial charge >= 0.3 is 58.7 Å². The van der Waals surface area contributed by atoms with Gasteiger partial charge in [-0.3, -0.25) is 0 Å². The van der Waals surface area contributed by atoms with Crippen molar-refractivity contribution in [1.82, 2.24) is 0 Å². The van der Waals surface area contributed by atoms with Crippen molar-refractivity contribution in [3.05, 3.63) is 0 Å². The number of hydrogen-bond acceptors (Lipinski definition) is 4. The quantitative estimate of drug-likeness (QED) is 0.501. The van der Waals surface area contributed by atoms with E-state index in [1.807, 2.05) is 0 Å². The SMILES string of the molecule is CP12(OCCO1)OCCO2. The fourth-order valence-corrected chi connectivity index (χ4v) is 3.56. The first kappa shape index (κ1) is 6.95. The van der Waals surface area contributed by atoms with Gasteiger partial charge in [-0.15, -0.1) is 0 Å². The third-order valence-corrected chi connectivity index (χ3v) is 4.71. The molecule has 1 spiro atoms. The second kappa shape index (κ2) is 1.90. The predicted octanol–water partition coefficient (Wildman–Crippen LogP) is 0.923. The van der Waals surface area contributed by atoms with Crippen LogP contribution in [0.4, 0.5) is 0 Å². The summed E-state index contributed by atoms with van der Waals surface area (Å²) in [7, 11) is -2.93. The standard InChI is InChI=1S/C5H11O4P/c1-10(6-2-3-7-10)8-4-5-9-10/h2-5H2,1H3. The molecule has 0 saturated carbocycles. The maximum absolute atomic E-state index is 5.35. The summed E-state index contributed by atoms with van der Waals surface area (Å²) in [4.78, 5) is 0. The number of rotatable bonds is 0. The van der Waals surface area contributed by atoms with Gasteiger partial charge in [0.2, 0.25) is 0 Å². The molecule has 0 aromatic heterocycles. The molecule has 2 fully saturated rings. The van der Waals surface area contributed by atoms with Crippen LogP contribution in [0.1, 0.15) is 0 Å². The predicted molar refractivity (Wildman–Crippen MR) is 36.7 cm³/mol. The van der Waals surface area contributed by atoms with E-state index in [0.717, 1.165) is 0 Å². The van der Waals surface area contributed by atoms with Gasteiger partial charge < -0.3 is 0 Å². The molecule has 0 unspecified atom stereocenters. The van der Waals surface area contributed by atoms with Crippen LogP contribution in [0.3, 0.4) is 0 Å². The van der Waals surface area contributed by atoms with E-state index >= 15 is 0 Å². The second-order valence-electron chi connectivity index (χ2n) is 2.51. The van der Waals surface area contributed by atoms with Gasteiger partial charge in [-0.2, -0.15) is 0 Å². The van der Waals surface area contributed by atoms with Gasteiger partial charge in [0, 0.05) is 0 Å². The van der Waals surface area contributed by atoms with Crippen molar-refractivity contribution in [2.24, 2.45) is 0 Å². The fraction of sp³-hybridized carbons (Fsp3) is 1.00. The van der Waals surface area contributed by atoms with Gasteiger partial charge in [-0.05, 0) is 0 Å². The molecule has 0 aromatic carbocycles. The van der Waals surface area contributed by atoms with Gasteiger partial charge in [0.1, 0.15) is 0 Å². The summed E-state index contributed by atoms with van der Waals surface area (Å²) in [6.07, 6.45) is 0. The Morgan fingerprint density at radius 1 is 0.800 bits per heavy atom. The third kappa shape index (κ3) is 0.881. The van der Waals surface area contributed by atoms with E-state index in [1.165, 1.54) is 0 Å². The van der Waals surface area contributed by atoms with Crippen molar-refractivity contribution >= 4 is 7.51 Å². The molecule has 0 aliphatic carbocycles. The average Bonchev–Trinajstić information content (AvgIpc) is 2.44. The summed E-state index contributed by atoms with van der Waals surface area (Å²) in [5, 5.41) is 0. The van der Waals surface area contributed by atoms with Gasteiger partial charge in [0.25, 0.3) is 0 Å². The van der Waals surface area contributed by atoms with Crippen molar-refractivity contribution < 1.29 is 18.1 Å². The zero-order valence-electron chi connectivity index (χ0n) is 5.91. The molecule has 2 aliphatic rings. The molecule has 0 N–H and O–H groups in total. The molecule has 2 aliphatic heterocycles. The van der Waals surface area contributed by atoms with E-state index in [2.05, 4.69) is 0 Å². The van der Waals surface area contributed by atoms with Gasteiger partial charge in [-0.25, -0.2) is 0 Å². The van der Waals surface area contributed by atoms with Gasteiger partial charge in [0.05, 0.1) is 0 Å². The average molecular weight is 166 g/mol. The van der Waals surface area contributed by atoms with Crippen molar-refractivity contribution in [2.75, 3.05) is 33.1 Å². The first-order chi connectivity index (χ1) is 4.71. The van der Waals surface area contributed by atoms with E-state index in [1.54, 1.807) is 6.66 Å². The summed E-state index contributed by atoms with van der Waals surface area (Å²) < 4.78 is 21.4. The zero-order chi connectivity index (χ0) is 7.10. The second-order valence-corrected chi connectivity index (χ2v) is 5.90. The van der Waals surface area contributed by atoms with E-state index in [0.29, 0.717) is 26.4 Å². The summed E-state index contributed by atoms with van der Waals surface area (Å²) >= 11 is 0. The molecule has 0 bridgehead atoms. The Hall–Kier alpha value is 0.270. The molecule has 0 radical (unpaired) electrons. The van der Waals surface area contributed by atoms with Crippen LogP contribution in [-0.4, -0.2) is 33.1 Å². The van der Waals surface area contributed by atoms with Crippen molar-refractivity contribution in [2.45, 2.75) is 0 Å². The molecule has 0 amide bonds. The molecule has 2 heterocycles. The first-order valence-electron chi connectivity index (χ1n) is 3.33. The molecular weight excluding hydrogens is 155 g/mol. The van der Waals surface area contributed by atoms with Crippen LogP contribution in [0, 0.1) is 0 Å². The molecule has 0 aromatic rings. The molecule has 4 nitrogen and oxygen atoms in total. The Labute approximate surface area is 59.7 Å². The molecule has 5 heteroatoms. The Morgan fingerprint density at radius 3 is 1.40 bits per heavy atom. The maximum atomic E-state index is 5.35. The van der Waals surface area contributed by atoms with E-state index < -0.39 is 7.51 Å². The van der Waals surface area contributed by atoms with Crippen LogP contribution in [0.5, 0.6) is 0 Å². The minimum atomic E-state index is -2.93. The zero-order valence-corrected chi connectivity index (χ0v) is 6.80. The Balaban J connectivity index is 2.22. The minimum absolute atomic E-state index is 0.592. The summed E-state index contributed by atoms with van der Waals surface area (Å²) in [6.45, 7) is 4.16. The topological polar surface area (TPSA) is 36.9 Å². The summed E-state index contributed by atoms with van der Waals surface area (Å²) in [6, 6.07) is 0. The summed E-state index contributed by atoms with van der Waals surface area (Å²) in [5.41, 5.74) is 0. The van der Waals surface area contributed by atoms with Crippen LogP contribution < -0.4 is 0 Å². The van der Waals surface area contributed by atoms with E-state index in [9.17, 15) is 0 Å². The molecule has 2 rings (SSSR count). The van der Waals surface area contributed by atoms with Crippen molar-refractivity contribution in [1.29, 1.82) is 0 Å². The van der Waals surface area contributed by atoms with Crippen molar-refractivity contribution in [3.63, 3.8) is 0 Å². The Morgan fingerprint density at radius 2 is 1.10 bits per heavy atom. The van der Waals surface area contributed by atoms with Crippen LogP contribution >= 0.6 is 7.51 Å². The Bertz CT molecular complexity index is 124. The molecule has 0 atom stereocenters. The third-order valence-electron chi connectivity index (χ3n) is 1.68. The monoisotopic (exact) mass is 166 g/mol. The van der Waals surface area contributed by atoms with Crippen LogP contribution in [-0.2, 0) is 18.1 Å². The van der Waals surface area contributed by atoms with E-state index in [4.69, 9.17) is 18.1 Å². The molecule has 10 heavy (non-hydrogen) atoms. The molecular formula is C5H11O4P. The first-order valence-corrected chi connectivity index (χ1v) is 5.69. The molecule has 60 valence electrons. The van der Waals surface area contributed by atoms with Gasteiger partial charge in [-0.1, -0.05) is 0 Å². The fourth-order valence-electron chi connectivity index (χ4n) is 1.19. The Kier molecular flexibility index (Phi) is 1.32. The summed E-state index contributed by atoms with van der Waals surface area (Å²) in [5.74, 6) is 0. The molecule has 2 saturated heterocycles. The van der Waals surface area contributed by atoms with Crippen molar-refractivity contribution in [3.8, 4) is 0 Å². The normalized spacial score (nSPS) is 39.5.